The van der Waals surface area contributed by atoms with Gasteiger partial charge in [-0.05, 0) is 29.5 Å². The number of pyridine rings is 1. The number of halogens is 2. The van der Waals surface area contributed by atoms with E-state index in [-0.39, 0.29) is 62.9 Å². The number of methoxy groups -OCH3 is 2. The lowest BCUT2D eigenvalue weighted by molar-refractivity contribution is -0.143. The zero-order valence-electron chi connectivity index (χ0n) is 20.9. The van der Waals surface area contributed by atoms with E-state index in [0.717, 1.165) is 6.07 Å². The Morgan fingerprint density at radius 2 is 1.95 bits per heavy atom. The van der Waals surface area contributed by atoms with Gasteiger partial charge < -0.3 is 24.8 Å². The van der Waals surface area contributed by atoms with Crippen molar-refractivity contribution in [3.8, 4) is 47.7 Å². The molecule has 3 heterocycles. The fourth-order valence-electron chi connectivity index (χ4n) is 4.73. The van der Waals surface area contributed by atoms with Crippen LogP contribution in [0.4, 0.5) is 14.6 Å². The van der Waals surface area contributed by atoms with Gasteiger partial charge in [-0.3, -0.25) is 4.79 Å². The third-order valence-electron chi connectivity index (χ3n) is 6.48. The SMILES string of the molecule is C#Cc1c(F)ccc2cc(O)cc(-c3nc(C#C)c4c(N5CCNC(C(=O)OC)C5)nc(OC)nc4c3F)c12. The summed E-state index contributed by atoms with van der Waals surface area (Å²) in [6.07, 6.45) is 11.4. The molecule has 0 amide bonds. The number of carbonyl (C=O) groups is 1. The normalized spacial score (nSPS) is 15.1. The summed E-state index contributed by atoms with van der Waals surface area (Å²) < 4.78 is 41.1. The van der Waals surface area contributed by atoms with Crippen LogP contribution in [-0.2, 0) is 9.53 Å². The lowest BCUT2D eigenvalue weighted by atomic mass is 9.95. The van der Waals surface area contributed by atoms with Gasteiger partial charge in [0.15, 0.2) is 5.82 Å². The number of anilines is 1. The molecule has 39 heavy (non-hydrogen) atoms. The molecule has 1 aliphatic heterocycles. The molecule has 1 aliphatic rings. The van der Waals surface area contributed by atoms with E-state index in [1.165, 1.54) is 32.4 Å². The number of nitrogens with zero attached hydrogens (tertiary/aromatic N) is 4. The Labute approximate surface area is 221 Å². The smallest absolute Gasteiger partial charge is 0.324 e. The van der Waals surface area contributed by atoms with Gasteiger partial charge >= 0.3 is 12.0 Å². The highest BCUT2D eigenvalue weighted by molar-refractivity contribution is 6.04. The first-order valence-corrected chi connectivity index (χ1v) is 11.7. The third kappa shape index (κ3) is 4.29. The van der Waals surface area contributed by atoms with E-state index in [2.05, 4.69) is 32.1 Å². The van der Waals surface area contributed by atoms with Crippen LogP contribution in [0, 0.1) is 36.3 Å². The van der Waals surface area contributed by atoms with Crippen molar-refractivity contribution in [2.24, 2.45) is 0 Å². The number of esters is 1. The number of phenols is 1. The summed E-state index contributed by atoms with van der Waals surface area (Å²) in [6.45, 7) is 0.956. The lowest BCUT2D eigenvalue weighted by Crippen LogP contribution is -2.55. The third-order valence-corrected chi connectivity index (χ3v) is 6.48. The van der Waals surface area contributed by atoms with Gasteiger partial charge in [-0.15, -0.1) is 12.8 Å². The average molecular weight is 530 g/mol. The lowest BCUT2D eigenvalue weighted by Gasteiger charge is -2.33. The second kappa shape index (κ2) is 10.0. The summed E-state index contributed by atoms with van der Waals surface area (Å²) in [5, 5.41) is 14.1. The topological polar surface area (TPSA) is 110 Å². The highest BCUT2D eigenvalue weighted by Gasteiger charge is 2.31. The summed E-state index contributed by atoms with van der Waals surface area (Å²) in [5.74, 6) is 2.68. The molecule has 5 rings (SSSR count). The van der Waals surface area contributed by atoms with Crippen LogP contribution in [0.5, 0.6) is 11.8 Å². The maximum absolute atomic E-state index is 16.4. The highest BCUT2D eigenvalue weighted by atomic mass is 19.1. The fourth-order valence-corrected chi connectivity index (χ4v) is 4.73. The maximum atomic E-state index is 16.4. The van der Waals surface area contributed by atoms with E-state index in [4.69, 9.17) is 22.3 Å². The number of aromatic hydroxyl groups is 1. The summed E-state index contributed by atoms with van der Waals surface area (Å²) in [5.41, 5.74) is -0.611. The molecule has 0 bridgehead atoms. The Morgan fingerprint density at radius 1 is 1.15 bits per heavy atom. The van der Waals surface area contributed by atoms with E-state index in [0.29, 0.717) is 18.5 Å². The van der Waals surface area contributed by atoms with Crippen molar-refractivity contribution in [2.75, 3.05) is 38.8 Å². The Hall–Kier alpha value is -5.00. The van der Waals surface area contributed by atoms with Crippen LogP contribution < -0.4 is 15.0 Å². The molecule has 1 saturated heterocycles. The Balaban J connectivity index is 1.82. The molecule has 2 N–H and O–H groups in total. The number of rotatable bonds is 4. The Morgan fingerprint density at radius 3 is 2.64 bits per heavy atom. The summed E-state index contributed by atoms with van der Waals surface area (Å²) in [4.78, 5) is 27.0. The first-order valence-electron chi connectivity index (χ1n) is 11.7. The van der Waals surface area contributed by atoms with Gasteiger partial charge in [0, 0.05) is 30.6 Å². The number of carbonyl (C=O) groups excluding carboxylic acids is 1. The first kappa shape index (κ1) is 25.6. The molecule has 1 unspecified atom stereocenters. The zero-order valence-corrected chi connectivity index (χ0v) is 20.9. The van der Waals surface area contributed by atoms with Crippen molar-refractivity contribution < 1.29 is 28.2 Å². The number of aromatic nitrogens is 3. The molecule has 196 valence electrons. The average Bonchev–Trinajstić information content (AvgIpc) is 2.96. The second-order valence-electron chi connectivity index (χ2n) is 8.66. The van der Waals surface area contributed by atoms with Crippen molar-refractivity contribution in [3.63, 3.8) is 0 Å². The number of terminal acetylenes is 2. The van der Waals surface area contributed by atoms with E-state index in [1.54, 1.807) is 4.90 Å². The minimum Gasteiger partial charge on any atom is -0.508 e. The van der Waals surface area contributed by atoms with Crippen molar-refractivity contribution in [1.82, 2.24) is 20.3 Å². The van der Waals surface area contributed by atoms with Gasteiger partial charge in [-0.25, -0.2) is 13.8 Å². The molecular weight excluding hydrogens is 508 g/mol. The summed E-state index contributed by atoms with van der Waals surface area (Å²) in [7, 11) is 2.61. The van der Waals surface area contributed by atoms with Crippen LogP contribution in [0.1, 0.15) is 11.3 Å². The largest absolute Gasteiger partial charge is 0.508 e. The van der Waals surface area contributed by atoms with Crippen LogP contribution in [-0.4, -0.2) is 65.9 Å². The number of piperazine rings is 1. The molecule has 11 heteroatoms. The van der Waals surface area contributed by atoms with Gasteiger partial charge in [0.1, 0.15) is 40.3 Å². The highest BCUT2D eigenvalue weighted by Crippen LogP contribution is 2.39. The molecule has 1 fully saturated rings. The predicted octanol–water partition coefficient (Wildman–Crippen LogP) is 2.75. The standard InChI is InChI=1S/C28H21F2N5O4/c1-5-16-18(29)8-7-14-11-15(36)12-17(21(14)16)24-23(30)25-22(19(6-2)32-24)26(34-28(33-25)39-4)35-10-9-31-20(13-35)27(37)38-3/h1-2,7-8,11-12,20,31,36H,9-10,13H2,3-4H3. The number of hydrogen-bond acceptors (Lipinski definition) is 9. The van der Waals surface area contributed by atoms with Crippen molar-refractivity contribution in [1.29, 1.82) is 0 Å². The van der Waals surface area contributed by atoms with Gasteiger partial charge in [-0.1, -0.05) is 12.0 Å². The number of hydrogen-bond donors (Lipinski definition) is 2. The van der Waals surface area contributed by atoms with E-state index in [1.807, 2.05) is 0 Å². The zero-order chi connectivity index (χ0) is 27.8. The van der Waals surface area contributed by atoms with E-state index >= 15 is 4.39 Å². The Kier molecular flexibility index (Phi) is 6.60. The number of phenolic OH excluding ortho intramolecular Hbond substituents is 1. The molecule has 4 aromatic rings. The monoisotopic (exact) mass is 529 g/mol. The van der Waals surface area contributed by atoms with Gasteiger partial charge in [-0.2, -0.15) is 9.97 Å². The molecule has 0 radical (unpaired) electrons. The van der Waals surface area contributed by atoms with Crippen LogP contribution in [0.3, 0.4) is 0 Å². The van der Waals surface area contributed by atoms with E-state index < -0.39 is 23.6 Å². The predicted molar refractivity (Wildman–Crippen MR) is 140 cm³/mol. The van der Waals surface area contributed by atoms with Crippen LogP contribution in [0.25, 0.3) is 32.9 Å². The Bertz CT molecular complexity index is 1750. The van der Waals surface area contributed by atoms with Crippen LogP contribution in [0.15, 0.2) is 24.3 Å². The van der Waals surface area contributed by atoms with Gasteiger partial charge in [0.25, 0.3) is 0 Å². The second-order valence-corrected chi connectivity index (χ2v) is 8.66. The molecule has 2 aromatic heterocycles. The van der Waals surface area contributed by atoms with Crippen LogP contribution >= 0.6 is 0 Å². The molecule has 9 nitrogen and oxygen atoms in total. The molecule has 0 aliphatic carbocycles. The summed E-state index contributed by atoms with van der Waals surface area (Å²) in [6, 6.07) is 4.38. The molecule has 2 aromatic carbocycles. The van der Waals surface area contributed by atoms with E-state index in [9.17, 15) is 14.3 Å². The van der Waals surface area contributed by atoms with Crippen molar-refractivity contribution in [3.05, 3.63) is 47.2 Å². The molecular formula is C28H21F2N5O4. The minimum absolute atomic E-state index is 0.0117. The molecule has 0 spiro atoms. The maximum Gasteiger partial charge on any atom is 0.324 e. The molecule has 0 saturated carbocycles. The number of ether oxygens (including phenoxy) is 2. The minimum atomic E-state index is -0.912. The van der Waals surface area contributed by atoms with Crippen molar-refractivity contribution >= 4 is 33.5 Å². The number of fused-ring (bicyclic) bond motifs is 2. The fraction of sp³-hybridized carbons (Fsp3) is 0.214. The summed E-state index contributed by atoms with van der Waals surface area (Å²) >= 11 is 0. The van der Waals surface area contributed by atoms with Crippen LogP contribution in [0.2, 0.25) is 0 Å². The number of nitrogens with one attached hydrogen (secondary N) is 1. The molecule has 1 atom stereocenters. The van der Waals surface area contributed by atoms with Gasteiger partial charge in [0.05, 0.1) is 25.2 Å². The quantitative estimate of drug-likeness (QED) is 0.305. The number of benzene rings is 2. The van der Waals surface area contributed by atoms with Gasteiger partial charge in [0.2, 0.25) is 0 Å². The first-order chi connectivity index (χ1) is 18.8. The van der Waals surface area contributed by atoms with Crippen molar-refractivity contribution in [2.45, 2.75) is 6.04 Å².